The number of carbonyl (C=O) groups is 1. The van der Waals surface area contributed by atoms with Gasteiger partial charge in [-0.1, -0.05) is 26.7 Å². The summed E-state index contributed by atoms with van der Waals surface area (Å²) in [6, 6.07) is 0. The summed E-state index contributed by atoms with van der Waals surface area (Å²) in [6.07, 6.45) is 5.73. The number of hydrogen-bond acceptors (Lipinski definition) is 1. The highest BCUT2D eigenvalue weighted by molar-refractivity contribution is 5.80. The Morgan fingerprint density at radius 2 is 2.18 bits per heavy atom. The fourth-order valence-corrected chi connectivity index (χ4v) is 1.23. The lowest BCUT2D eigenvalue weighted by Gasteiger charge is -2.05. The molecule has 0 aromatic rings. The largest absolute Gasteiger partial charge is 0.299 e. The van der Waals surface area contributed by atoms with Gasteiger partial charge < -0.3 is 0 Å². The van der Waals surface area contributed by atoms with Crippen molar-refractivity contribution in [1.82, 2.24) is 0 Å². The van der Waals surface area contributed by atoms with Crippen LogP contribution >= 0.6 is 0 Å². The zero-order valence-electron chi connectivity index (χ0n) is 7.60. The SMILES string of the molecule is CCC(C)C(=O)CCC1CC1. The van der Waals surface area contributed by atoms with Gasteiger partial charge in [0.2, 0.25) is 0 Å². The molecule has 1 atom stereocenters. The molecule has 1 fully saturated rings. The molecule has 0 aromatic carbocycles. The van der Waals surface area contributed by atoms with Gasteiger partial charge in [-0.3, -0.25) is 4.79 Å². The third-order valence-electron chi connectivity index (χ3n) is 2.66. The molecule has 1 aliphatic carbocycles. The van der Waals surface area contributed by atoms with E-state index in [-0.39, 0.29) is 0 Å². The average molecular weight is 154 g/mol. The Kier molecular flexibility index (Phi) is 3.10. The van der Waals surface area contributed by atoms with Crippen LogP contribution in [0, 0.1) is 11.8 Å². The lowest BCUT2D eigenvalue weighted by atomic mass is 9.99. The van der Waals surface area contributed by atoms with Gasteiger partial charge in [-0.15, -0.1) is 0 Å². The van der Waals surface area contributed by atoms with Gasteiger partial charge in [-0.2, -0.15) is 0 Å². The number of Topliss-reactive ketones (excluding diaryl/α,β-unsaturated/α-hetero) is 1. The molecule has 0 saturated heterocycles. The van der Waals surface area contributed by atoms with Gasteiger partial charge in [0.15, 0.2) is 0 Å². The second-order valence-electron chi connectivity index (χ2n) is 3.76. The maximum atomic E-state index is 11.3. The van der Waals surface area contributed by atoms with E-state index in [2.05, 4.69) is 6.92 Å². The zero-order valence-corrected chi connectivity index (χ0v) is 7.60. The van der Waals surface area contributed by atoms with Crippen LogP contribution in [-0.4, -0.2) is 5.78 Å². The topological polar surface area (TPSA) is 17.1 Å². The summed E-state index contributed by atoms with van der Waals surface area (Å²) >= 11 is 0. The van der Waals surface area contributed by atoms with Gasteiger partial charge in [0.25, 0.3) is 0 Å². The van der Waals surface area contributed by atoms with E-state index in [1.165, 1.54) is 12.8 Å². The first-order chi connectivity index (χ1) is 5.24. The number of rotatable bonds is 5. The van der Waals surface area contributed by atoms with Crippen molar-refractivity contribution >= 4 is 5.78 Å². The van der Waals surface area contributed by atoms with Crippen molar-refractivity contribution in [3.8, 4) is 0 Å². The van der Waals surface area contributed by atoms with Crippen molar-refractivity contribution < 1.29 is 4.79 Å². The van der Waals surface area contributed by atoms with Crippen molar-refractivity contribution in [1.29, 1.82) is 0 Å². The second-order valence-corrected chi connectivity index (χ2v) is 3.76. The molecule has 0 radical (unpaired) electrons. The van der Waals surface area contributed by atoms with Gasteiger partial charge in [0.1, 0.15) is 5.78 Å². The molecular weight excluding hydrogens is 136 g/mol. The molecule has 1 aliphatic rings. The lowest BCUT2D eigenvalue weighted by Crippen LogP contribution is -2.09. The molecular formula is C10H18O. The monoisotopic (exact) mass is 154 g/mol. The highest BCUT2D eigenvalue weighted by Gasteiger charge is 2.22. The van der Waals surface area contributed by atoms with Crippen LogP contribution in [0.15, 0.2) is 0 Å². The number of carbonyl (C=O) groups excluding carboxylic acids is 1. The fourth-order valence-electron chi connectivity index (χ4n) is 1.23. The molecule has 1 saturated carbocycles. The smallest absolute Gasteiger partial charge is 0.135 e. The Morgan fingerprint density at radius 3 is 2.64 bits per heavy atom. The Balaban J connectivity index is 2.08. The lowest BCUT2D eigenvalue weighted by molar-refractivity contribution is -0.122. The van der Waals surface area contributed by atoms with Crippen molar-refractivity contribution in [2.24, 2.45) is 11.8 Å². The molecule has 1 unspecified atom stereocenters. The van der Waals surface area contributed by atoms with Crippen molar-refractivity contribution in [2.45, 2.75) is 46.0 Å². The maximum absolute atomic E-state index is 11.3. The summed E-state index contributed by atoms with van der Waals surface area (Å²) in [5.74, 6) is 1.68. The summed E-state index contributed by atoms with van der Waals surface area (Å²) in [5, 5.41) is 0. The Morgan fingerprint density at radius 1 is 1.55 bits per heavy atom. The van der Waals surface area contributed by atoms with E-state index in [9.17, 15) is 4.79 Å². The van der Waals surface area contributed by atoms with Crippen LogP contribution in [0.25, 0.3) is 0 Å². The van der Waals surface area contributed by atoms with E-state index >= 15 is 0 Å². The summed E-state index contributed by atoms with van der Waals surface area (Å²) in [7, 11) is 0. The summed E-state index contributed by atoms with van der Waals surface area (Å²) in [5.41, 5.74) is 0. The van der Waals surface area contributed by atoms with E-state index in [0.717, 1.165) is 25.2 Å². The van der Waals surface area contributed by atoms with Gasteiger partial charge in [0, 0.05) is 12.3 Å². The predicted molar refractivity (Wildman–Crippen MR) is 46.4 cm³/mol. The average Bonchev–Trinajstić information content (AvgIpc) is 2.81. The Hall–Kier alpha value is -0.330. The van der Waals surface area contributed by atoms with E-state index in [0.29, 0.717) is 11.7 Å². The molecule has 1 heteroatoms. The zero-order chi connectivity index (χ0) is 8.27. The molecule has 0 bridgehead atoms. The fraction of sp³-hybridized carbons (Fsp3) is 0.900. The minimum Gasteiger partial charge on any atom is -0.299 e. The van der Waals surface area contributed by atoms with Crippen molar-refractivity contribution in [3.05, 3.63) is 0 Å². The first kappa shape index (κ1) is 8.76. The molecule has 0 spiro atoms. The molecule has 0 heterocycles. The molecule has 64 valence electrons. The van der Waals surface area contributed by atoms with E-state index in [1.807, 2.05) is 6.92 Å². The van der Waals surface area contributed by atoms with Gasteiger partial charge in [-0.05, 0) is 18.8 Å². The second kappa shape index (κ2) is 3.89. The van der Waals surface area contributed by atoms with Crippen LogP contribution in [-0.2, 0) is 4.79 Å². The van der Waals surface area contributed by atoms with E-state index in [1.54, 1.807) is 0 Å². The van der Waals surface area contributed by atoms with Gasteiger partial charge in [0.05, 0.1) is 0 Å². The highest BCUT2D eigenvalue weighted by atomic mass is 16.1. The third kappa shape index (κ3) is 3.04. The Labute approximate surface area is 69.2 Å². The quantitative estimate of drug-likeness (QED) is 0.595. The highest BCUT2D eigenvalue weighted by Crippen LogP contribution is 2.33. The first-order valence-electron chi connectivity index (χ1n) is 4.76. The molecule has 0 N–H and O–H groups in total. The van der Waals surface area contributed by atoms with Crippen molar-refractivity contribution in [3.63, 3.8) is 0 Å². The summed E-state index contributed by atoms with van der Waals surface area (Å²) in [6.45, 7) is 4.12. The molecule has 1 rings (SSSR count). The molecule has 11 heavy (non-hydrogen) atoms. The van der Waals surface area contributed by atoms with Crippen LogP contribution in [0.4, 0.5) is 0 Å². The normalized spacial score (nSPS) is 19.8. The minimum atomic E-state index is 0.300. The third-order valence-corrected chi connectivity index (χ3v) is 2.66. The van der Waals surface area contributed by atoms with Crippen LogP contribution in [0.3, 0.4) is 0 Å². The van der Waals surface area contributed by atoms with Crippen LogP contribution in [0.5, 0.6) is 0 Å². The predicted octanol–water partition coefficient (Wildman–Crippen LogP) is 2.79. The molecule has 0 aliphatic heterocycles. The summed E-state index contributed by atoms with van der Waals surface area (Å²) < 4.78 is 0. The van der Waals surface area contributed by atoms with E-state index < -0.39 is 0 Å². The number of hydrogen-bond donors (Lipinski definition) is 0. The maximum Gasteiger partial charge on any atom is 0.135 e. The minimum absolute atomic E-state index is 0.300. The van der Waals surface area contributed by atoms with Crippen molar-refractivity contribution in [2.75, 3.05) is 0 Å². The number of ketones is 1. The molecule has 0 amide bonds. The Bertz CT molecular complexity index is 136. The standard InChI is InChI=1S/C10H18O/c1-3-8(2)10(11)7-6-9-4-5-9/h8-9H,3-7H2,1-2H3. The van der Waals surface area contributed by atoms with Crippen LogP contribution in [0.1, 0.15) is 46.0 Å². The van der Waals surface area contributed by atoms with E-state index in [4.69, 9.17) is 0 Å². The van der Waals surface area contributed by atoms with Gasteiger partial charge in [-0.25, -0.2) is 0 Å². The molecule has 1 nitrogen and oxygen atoms in total. The van der Waals surface area contributed by atoms with Crippen LogP contribution < -0.4 is 0 Å². The first-order valence-corrected chi connectivity index (χ1v) is 4.76. The summed E-state index contributed by atoms with van der Waals surface area (Å²) in [4.78, 5) is 11.3. The van der Waals surface area contributed by atoms with Crippen LogP contribution in [0.2, 0.25) is 0 Å². The van der Waals surface area contributed by atoms with Gasteiger partial charge >= 0.3 is 0 Å². The molecule has 0 aromatic heterocycles.